The molecule has 2 aromatic rings. The fourth-order valence-electron chi connectivity index (χ4n) is 4.76. The van der Waals surface area contributed by atoms with Crippen LogP contribution in [-0.4, -0.2) is 64.6 Å². The first-order chi connectivity index (χ1) is 15.8. The van der Waals surface area contributed by atoms with E-state index in [1.54, 1.807) is 11.8 Å². The standard InChI is InChI=1S/C26H31N3O4/c1-4-25(32)29(20-8-10-27(3)11-9-20)21-6-5-18-7-12-28(16-19(18)14-21)26(33)22-13-17(2)23(30)15-24(22)31/h4-6,13-15,20,30-31H,1,7-12,16H2,2-3H3. The third kappa shape index (κ3) is 4.59. The molecular weight excluding hydrogens is 418 g/mol. The van der Waals surface area contributed by atoms with Gasteiger partial charge in [0.1, 0.15) is 11.5 Å². The first kappa shape index (κ1) is 22.9. The summed E-state index contributed by atoms with van der Waals surface area (Å²) in [6, 6.07) is 8.89. The molecular formula is C26H31N3O4. The van der Waals surface area contributed by atoms with E-state index in [4.69, 9.17) is 0 Å². The summed E-state index contributed by atoms with van der Waals surface area (Å²) in [6.45, 7) is 8.20. The number of likely N-dealkylation sites (tertiary alicyclic amines) is 1. The molecule has 1 fully saturated rings. The third-order valence-electron chi connectivity index (χ3n) is 6.78. The van der Waals surface area contributed by atoms with Gasteiger partial charge in [-0.25, -0.2) is 0 Å². The second-order valence-corrected chi connectivity index (χ2v) is 9.03. The van der Waals surface area contributed by atoms with Crippen molar-refractivity contribution in [1.29, 1.82) is 0 Å². The predicted molar refractivity (Wildman–Crippen MR) is 128 cm³/mol. The van der Waals surface area contributed by atoms with Gasteiger partial charge < -0.3 is 24.9 Å². The number of hydrogen-bond donors (Lipinski definition) is 2. The minimum atomic E-state index is -0.277. The van der Waals surface area contributed by atoms with Crippen LogP contribution in [0.4, 0.5) is 5.69 Å². The number of phenolic OH excluding ortho intramolecular Hbond substituents is 2. The molecule has 0 spiro atoms. The maximum atomic E-state index is 13.1. The number of fused-ring (bicyclic) bond motifs is 1. The predicted octanol–water partition coefficient (Wildman–Crippen LogP) is 3.22. The highest BCUT2D eigenvalue weighted by Gasteiger charge is 2.29. The number of rotatable bonds is 4. The highest BCUT2D eigenvalue weighted by molar-refractivity contribution is 6.01. The molecule has 0 aliphatic carbocycles. The second kappa shape index (κ2) is 9.27. The number of nitrogens with zero attached hydrogens (tertiary/aromatic N) is 3. The summed E-state index contributed by atoms with van der Waals surface area (Å²) in [7, 11) is 2.09. The van der Waals surface area contributed by atoms with Crippen LogP contribution in [0.3, 0.4) is 0 Å². The van der Waals surface area contributed by atoms with Crippen LogP contribution in [0.25, 0.3) is 0 Å². The molecule has 0 radical (unpaired) electrons. The van der Waals surface area contributed by atoms with Gasteiger partial charge in [0.25, 0.3) is 11.8 Å². The van der Waals surface area contributed by atoms with Gasteiger partial charge in [-0.1, -0.05) is 12.6 Å². The van der Waals surface area contributed by atoms with Crippen LogP contribution in [0.5, 0.6) is 11.5 Å². The van der Waals surface area contributed by atoms with Crippen LogP contribution >= 0.6 is 0 Å². The topological polar surface area (TPSA) is 84.3 Å². The Morgan fingerprint density at radius 3 is 2.48 bits per heavy atom. The number of carbonyl (C=O) groups excluding carboxylic acids is 2. The van der Waals surface area contributed by atoms with Crippen molar-refractivity contribution in [1.82, 2.24) is 9.80 Å². The Labute approximate surface area is 194 Å². The van der Waals surface area contributed by atoms with Crippen molar-refractivity contribution in [2.24, 2.45) is 0 Å². The molecule has 7 heteroatoms. The van der Waals surface area contributed by atoms with Gasteiger partial charge in [0.05, 0.1) is 5.56 Å². The summed E-state index contributed by atoms with van der Waals surface area (Å²) in [5.41, 5.74) is 3.69. The van der Waals surface area contributed by atoms with Crippen LogP contribution in [0.1, 0.15) is 39.9 Å². The SMILES string of the molecule is C=CC(=O)N(c1ccc2c(c1)CN(C(=O)c1cc(C)c(O)cc1O)CC2)C1CCN(C)CC1. The molecule has 2 aliphatic heterocycles. The first-order valence-corrected chi connectivity index (χ1v) is 11.4. The van der Waals surface area contributed by atoms with Crippen molar-refractivity contribution in [3.8, 4) is 11.5 Å². The lowest BCUT2D eigenvalue weighted by molar-refractivity contribution is -0.114. The van der Waals surface area contributed by atoms with Gasteiger partial charge in [-0.3, -0.25) is 9.59 Å². The molecule has 2 N–H and O–H groups in total. The summed E-state index contributed by atoms with van der Waals surface area (Å²) in [5.74, 6) is -0.662. The van der Waals surface area contributed by atoms with Gasteiger partial charge in [0.2, 0.25) is 0 Å². The molecule has 0 unspecified atom stereocenters. The van der Waals surface area contributed by atoms with Crippen LogP contribution in [-0.2, 0) is 17.8 Å². The number of anilines is 1. The Kier molecular flexibility index (Phi) is 6.42. The van der Waals surface area contributed by atoms with E-state index in [-0.39, 0.29) is 34.9 Å². The van der Waals surface area contributed by atoms with Crippen LogP contribution in [0, 0.1) is 6.92 Å². The van der Waals surface area contributed by atoms with Gasteiger partial charge in [0, 0.05) is 30.9 Å². The zero-order chi connectivity index (χ0) is 23.7. The molecule has 174 valence electrons. The van der Waals surface area contributed by atoms with Gasteiger partial charge in [0.15, 0.2) is 0 Å². The number of piperidine rings is 1. The minimum absolute atomic E-state index is 0.0430. The Morgan fingerprint density at radius 1 is 1.06 bits per heavy atom. The number of carbonyl (C=O) groups is 2. The summed E-state index contributed by atoms with van der Waals surface area (Å²) in [5, 5.41) is 20.0. The molecule has 33 heavy (non-hydrogen) atoms. The van der Waals surface area contributed by atoms with E-state index in [9.17, 15) is 19.8 Å². The fourth-order valence-corrected chi connectivity index (χ4v) is 4.76. The lowest BCUT2D eigenvalue weighted by Gasteiger charge is -2.37. The average Bonchev–Trinajstić information content (AvgIpc) is 2.81. The third-order valence-corrected chi connectivity index (χ3v) is 6.78. The zero-order valence-electron chi connectivity index (χ0n) is 19.3. The molecule has 2 amide bonds. The Bertz CT molecular complexity index is 1090. The summed E-state index contributed by atoms with van der Waals surface area (Å²) < 4.78 is 0. The molecule has 7 nitrogen and oxygen atoms in total. The second-order valence-electron chi connectivity index (χ2n) is 9.03. The zero-order valence-corrected chi connectivity index (χ0v) is 19.3. The van der Waals surface area contributed by atoms with Crippen LogP contribution in [0.15, 0.2) is 43.0 Å². The van der Waals surface area contributed by atoms with Gasteiger partial charge in [-0.2, -0.15) is 0 Å². The van der Waals surface area contributed by atoms with Gasteiger partial charge >= 0.3 is 0 Å². The van der Waals surface area contributed by atoms with E-state index >= 15 is 0 Å². The van der Waals surface area contributed by atoms with E-state index in [1.807, 2.05) is 23.1 Å². The molecule has 2 aliphatic rings. The van der Waals surface area contributed by atoms with E-state index in [1.165, 1.54) is 18.2 Å². The lowest BCUT2D eigenvalue weighted by Crippen LogP contribution is -2.46. The largest absolute Gasteiger partial charge is 0.508 e. The number of phenols is 2. The summed E-state index contributed by atoms with van der Waals surface area (Å²) in [4.78, 5) is 31.8. The molecule has 2 aromatic carbocycles. The van der Waals surface area contributed by atoms with E-state index in [0.29, 0.717) is 25.1 Å². The molecule has 0 atom stereocenters. The fraction of sp³-hybridized carbons (Fsp3) is 0.385. The number of benzene rings is 2. The Hall–Kier alpha value is -3.32. The molecule has 0 saturated carbocycles. The van der Waals surface area contributed by atoms with Crippen molar-refractivity contribution in [3.05, 3.63) is 65.2 Å². The molecule has 1 saturated heterocycles. The molecule has 0 aromatic heterocycles. The van der Waals surface area contributed by atoms with Crippen molar-refractivity contribution in [2.75, 3.05) is 31.6 Å². The normalized spacial score (nSPS) is 16.8. The number of aromatic hydroxyl groups is 2. The van der Waals surface area contributed by atoms with Crippen molar-refractivity contribution in [3.63, 3.8) is 0 Å². The summed E-state index contributed by atoms with van der Waals surface area (Å²) >= 11 is 0. The summed E-state index contributed by atoms with van der Waals surface area (Å²) in [6.07, 6.45) is 3.86. The number of aryl methyl sites for hydroxylation is 1. The average molecular weight is 450 g/mol. The lowest BCUT2D eigenvalue weighted by atomic mass is 9.96. The van der Waals surface area contributed by atoms with Crippen molar-refractivity contribution in [2.45, 2.75) is 38.8 Å². The van der Waals surface area contributed by atoms with E-state index < -0.39 is 0 Å². The monoisotopic (exact) mass is 449 g/mol. The minimum Gasteiger partial charge on any atom is -0.508 e. The maximum Gasteiger partial charge on any atom is 0.257 e. The molecule has 0 bridgehead atoms. The Balaban J connectivity index is 1.60. The Morgan fingerprint density at radius 2 is 1.79 bits per heavy atom. The maximum absolute atomic E-state index is 13.1. The first-order valence-electron chi connectivity index (χ1n) is 11.4. The molecule has 4 rings (SSSR count). The van der Waals surface area contributed by atoms with Gasteiger partial charge in [-0.05, 0) is 87.3 Å². The van der Waals surface area contributed by atoms with E-state index in [0.717, 1.165) is 42.7 Å². The van der Waals surface area contributed by atoms with Crippen molar-refractivity contribution >= 4 is 17.5 Å². The smallest absolute Gasteiger partial charge is 0.257 e. The number of amides is 2. The number of hydrogen-bond acceptors (Lipinski definition) is 5. The van der Waals surface area contributed by atoms with Crippen LogP contribution in [0.2, 0.25) is 0 Å². The van der Waals surface area contributed by atoms with Crippen molar-refractivity contribution < 1.29 is 19.8 Å². The quantitative estimate of drug-likeness (QED) is 0.701. The van der Waals surface area contributed by atoms with E-state index in [2.05, 4.69) is 18.5 Å². The highest BCUT2D eigenvalue weighted by Crippen LogP contribution is 2.32. The molecule has 2 heterocycles. The highest BCUT2D eigenvalue weighted by atomic mass is 16.3. The van der Waals surface area contributed by atoms with Gasteiger partial charge in [-0.15, -0.1) is 0 Å². The van der Waals surface area contributed by atoms with Crippen LogP contribution < -0.4 is 4.90 Å².